The zero-order chi connectivity index (χ0) is 40.1. The monoisotopic (exact) mass is 758 g/mol. The lowest BCUT2D eigenvalue weighted by Gasteiger charge is -2.20. The zero-order valence-electron chi connectivity index (χ0n) is 29.9. The first-order chi connectivity index (χ1) is 28.3. The molecule has 0 unspecified atom stereocenters. The predicted octanol–water partition coefficient (Wildman–Crippen LogP) is 11.8. The standard InChI is InChI=1S/C48H22F4N6/c49-41-35(25-55)42(50)44(52)39(43(41)51)31-10-4-5-11-32(31)47-40-38(33-12-6-7-13-36(33)56-47)34(28-8-2-1-3-9-28)22-37-48(40)58-46(30-20-16-27(24-54)17-21-30)45(57-37)29-18-14-26(23-53)15-19-29/h1-22H. The van der Waals surface area contributed by atoms with Crippen LogP contribution in [0.1, 0.15) is 16.7 Å². The third-order valence-corrected chi connectivity index (χ3v) is 10.1. The second-order valence-corrected chi connectivity index (χ2v) is 13.3. The van der Waals surface area contributed by atoms with Gasteiger partial charge in [0.1, 0.15) is 11.6 Å². The average molecular weight is 759 g/mol. The molecule has 7 aromatic carbocycles. The molecule has 0 fully saturated rings. The van der Waals surface area contributed by atoms with E-state index >= 15 is 17.6 Å². The van der Waals surface area contributed by atoms with E-state index in [1.54, 1.807) is 72.8 Å². The molecule has 2 heterocycles. The number of benzene rings is 7. The van der Waals surface area contributed by atoms with E-state index in [9.17, 15) is 15.8 Å². The maximum Gasteiger partial charge on any atom is 0.180 e. The summed E-state index contributed by atoms with van der Waals surface area (Å²) in [4.78, 5) is 15.6. The van der Waals surface area contributed by atoms with Crippen LogP contribution in [-0.2, 0) is 0 Å². The fourth-order valence-corrected chi connectivity index (χ4v) is 7.39. The Morgan fingerprint density at radius 2 is 0.948 bits per heavy atom. The Morgan fingerprint density at radius 1 is 0.414 bits per heavy atom. The number of halogens is 4. The molecule has 0 atom stereocenters. The van der Waals surface area contributed by atoms with Crippen LogP contribution in [0.5, 0.6) is 0 Å². The van der Waals surface area contributed by atoms with Gasteiger partial charge in [0, 0.05) is 32.8 Å². The van der Waals surface area contributed by atoms with E-state index in [1.807, 2.05) is 48.5 Å². The van der Waals surface area contributed by atoms with Crippen molar-refractivity contribution in [1.82, 2.24) is 15.0 Å². The molecule has 58 heavy (non-hydrogen) atoms. The quantitative estimate of drug-likeness (QED) is 0.0982. The fourth-order valence-electron chi connectivity index (χ4n) is 7.39. The van der Waals surface area contributed by atoms with Crippen LogP contribution in [0, 0.1) is 57.3 Å². The molecule has 2 aromatic heterocycles. The molecule has 10 heteroatoms. The van der Waals surface area contributed by atoms with E-state index in [0.29, 0.717) is 61.0 Å². The van der Waals surface area contributed by atoms with Crippen molar-refractivity contribution >= 4 is 32.7 Å². The minimum Gasteiger partial charge on any atom is -0.247 e. The minimum atomic E-state index is -1.81. The molecular weight excluding hydrogens is 737 g/mol. The first-order valence-corrected chi connectivity index (χ1v) is 17.8. The highest BCUT2D eigenvalue weighted by Gasteiger charge is 2.29. The van der Waals surface area contributed by atoms with Crippen molar-refractivity contribution in [2.24, 2.45) is 0 Å². The molecule has 0 aliphatic rings. The summed E-state index contributed by atoms with van der Waals surface area (Å²) >= 11 is 0. The van der Waals surface area contributed by atoms with Gasteiger partial charge in [-0.1, -0.05) is 97.1 Å². The van der Waals surface area contributed by atoms with Crippen molar-refractivity contribution in [1.29, 1.82) is 15.8 Å². The highest BCUT2D eigenvalue weighted by Crippen LogP contribution is 2.46. The third-order valence-electron chi connectivity index (χ3n) is 10.1. The molecule has 0 N–H and O–H groups in total. The maximum atomic E-state index is 15.9. The largest absolute Gasteiger partial charge is 0.247 e. The van der Waals surface area contributed by atoms with Crippen LogP contribution in [0.2, 0.25) is 0 Å². The van der Waals surface area contributed by atoms with Gasteiger partial charge in [-0.05, 0) is 53.1 Å². The number of nitriles is 3. The first-order valence-electron chi connectivity index (χ1n) is 17.8. The summed E-state index contributed by atoms with van der Waals surface area (Å²) in [6.07, 6.45) is 0. The summed E-state index contributed by atoms with van der Waals surface area (Å²) < 4.78 is 62.3. The van der Waals surface area contributed by atoms with Gasteiger partial charge in [0.25, 0.3) is 0 Å². The van der Waals surface area contributed by atoms with Crippen molar-refractivity contribution in [2.45, 2.75) is 0 Å². The van der Waals surface area contributed by atoms with E-state index < -0.39 is 34.4 Å². The summed E-state index contributed by atoms with van der Waals surface area (Å²) in [5.41, 5.74) is 3.66. The van der Waals surface area contributed by atoms with Crippen LogP contribution in [0.4, 0.5) is 17.6 Å². The number of nitrogens with zero attached hydrogens (tertiary/aromatic N) is 6. The van der Waals surface area contributed by atoms with Gasteiger partial charge in [-0.2, -0.15) is 15.8 Å². The van der Waals surface area contributed by atoms with Crippen LogP contribution < -0.4 is 0 Å². The maximum absolute atomic E-state index is 15.9. The van der Waals surface area contributed by atoms with Crippen molar-refractivity contribution in [2.75, 3.05) is 0 Å². The van der Waals surface area contributed by atoms with Crippen molar-refractivity contribution in [3.05, 3.63) is 173 Å². The molecule has 0 spiro atoms. The Labute approximate surface area is 327 Å². The lowest BCUT2D eigenvalue weighted by atomic mass is 9.88. The van der Waals surface area contributed by atoms with E-state index in [1.165, 1.54) is 18.2 Å². The molecule has 9 rings (SSSR count). The lowest BCUT2D eigenvalue weighted by molar-refractivity contribution is 0.454. The molecule has 0 saturated carbocycles. The summed E-state index contributed by atoms with van der Waals surface area (Å²) in [6, 6.07) is 44.1. The second kappa shape index (κ2) is 14.1. The van der Waals surface area contributed by atoms with Crippen LogP contribution in [-0.4, -0.2) is 15.0 Å². The predicted molar refractivity (Wildman–Crippen MR) is 214 cm³/mol. The first kappa shape index (κ1) is 35.4. The Morgan fingerprint density at radius 3 is 1.55 bits per heavy atom. The van der Waals surface area contributed by atoms with Gasteiger partial charge in [-0.15, -0.1) is 0 Å². The summed E-state index contributed by atoms with van der Waals surface area (Å²) in [5, 5.41) is 30.3. The van der Waals surface area contributed by atoms with E-state index in [-0.39, 0.29) is 16.8 Å². The summed E-state index contributed by atoms with van der Waals surface area (Å²) in [7, 11) is 0. The number of aromatic nitrogens is 3. The van der Waals surface area contributed by atoms with Gasteiger partial charge in [-0.25, -0.2) is 32.5 Å². The Kier molecular flexibility index (Phi) is 8.62. The number of rotatable bonds is 5. The number of pyridine rings is 1. The van der Waals surface area contributed by atoms with Crippen molar-refractivity contribution < 1.29 is 17.6 Å². The number of para-hydroxylation sites is 1. The molecule has 272 valence electrons. The second-order valence-electron chi connectivity index (χ2n) is 13.3. The molecule has 6 nitrogen and oxygen atoms in total. The molecule has 0 bridgehead atoms. The van der Waals surface area contributed by atoms with Crippen molar-refractivity contribution in [3.8, 4) is 74.2 Å². The molecule has 0 saturated heterocycles. The Hall–Kier alpha value is -8.26. The van der Waals surface area contributed by atoms with Gasteiger partial charge < -0.3 is 0 Å². The summed E-state index contributed by atoms with van der Waals surface area (Å²) in [6.45, 7) is 0. The Bertz CT molecular complexity index is 3260. The van der Waals surface area contributed by atoms with Gasteiger partial charge >= 0.3 is 0 Å². The molecule has 0 radical (unpaired) electrons. The smallest absolute Gasteiger partial charge is 0.180 e. The molecule has 0 aliphatic heterocycles. The zero-order valence-corrected chi connectivity index (χ0v) is 29.9. The van der Waals surface area contributed by atoms with Gasteiger partial charge in [-0.3, -0.25) is 0 Å². The van der Waals surface area contributed by atoms with Crippen LogP contribution in [0.15, 0.2) is 133 Å². The molecular formula is C48H22F4N6. The normalized spacial score (nSPS) is 11.1. The molecule has 9 aromatic rings. The van der Waals surface area contributed by atoms with E-state index in [4.69, 9.17) is 15.0 Å². The summed E-state index contributed by atoms with van der Waals surface area (Å²) in [5.74, 6) is -7.07. The van der Waals surface area contributed by atoms with Crippen LogP contribution >= 0.6 is 0 Å². The minimum absolute atomic E-state index is 0.129. The van der Waals surface area contributed by atoms with E-state index in [2.05, 4.69) is 12.1 Å². The average Bonchev–Trinajstić information content (AvgIpc) is 3.28. The SMILES string of the molecule is N#Cc1ccc(-c2nc3cc(-c4ccccc4)c4c5ccccc5nc(-c5ccccc5-c5c(F)c(F)c(C#N)c(F)c5F)c4c3nc2-c2ccc(C#N)cc2)cc1. The molecule has 0 aliphatic carbocycles. The highest BCUT2D eigenvalue weighted by molar-refractivity contribution is 6.25. The van der Waals surface area contributed by atoms with Gasteiger partial charge in [0.2, 0.25) is 0 Å². The van der Waals surface area contributed by atoms with Crippen LogP contribution in [0.25, 0.3) is 88.7 Å². The lowest BCUT2D eigenvalue weighted by Crippen LogP contribution is -2.05. The number of hydrogen-bond donors (Lipinski definition) is 0. The fraction of sp³-hybridized carbons (Fsp3) is 0. The van der Waals surface area contributed by atoms with Crippen LogP contribution in [0.3, 0.4) is 0 Å². The third kappa shape index (κ3) is 5.66. The molecule has 0 amide bonds. The van der Waals surface area contributed by atoms with E-state index in [0.717, 1.165) is 16.5 Å². The van der Waals surface area contributed by atoms with Gasteiger partial charge in [0.15, 0.2) is 23.3 Å². The number of hydrogen-bond acceptors (Lipinski definition) is 6. The topological polar surface area (TPSA) is 110 Å². The highest BCUT2D eigenvalue weighted by atomic mass is 19.2. The van der Waals surface area contributed by atoms with Gasteiger partial charge in [0.05, 0.1) is 62.5 Å². The van der Waals surface area contributed by atoms with Crippen molar-refractivity contribution in [3.63, 3.8) is 0 Å². The Balaban J connectivity index is 1.49. The number of fused-ring (bicyclic) bond motifs is 5.